The number of anilines is 2. The molecule has 1 aromatic carbocycles. The van der Waals surface area contributed by atoms with Crippen molar-refractivity contribution in [2.45, 2.75) is 26.2 Å². The van der Waals surface area contributed by atoms with Crippen LogP contribution in [0.5, 0.6) is 0 Å². The fourth-order valence-electron chi connectivity index (χ4n) is 3.87. The van der Waals surface area contributed by atoms with Gasteiger partial charge in [-0.1, -0.05) is 43.9 Å². The zero-order chi connectivity index (χ0) is 28.0. The van der Waals surface area contributed by atoms with Gasteiger partial charge in [0.2, 0.25) is 0 Å². The summed E-state index contributed by atoms with van der Waals surface area (Å²) in [5, 5.41) is 9.77. The minimum absolute atomic E-state index is 0.796. The van der Waals surface area contributed by atoms with E-state index in [-0.39, 0.29) is 0 Å². The van der Waals surface area contributed by atoms with Crippen LogP contribution >= 0.6 is 0 Å². The van der Waals surface area contributed by atoms with Gasteiger partial charge in [0.25, 0.3) is 0 Å². The van der Waals surface area contributed by atoms with Crippen LogP contribution in [0.2, 0.25) is 0 Å². The molecule has 0 aliphatic heterocycles. The molecule has 0 fully saturated rings. The summed E-state index contributed by atoms with van der Waals surface area (Å²) in [5.41, 5.74) is 10.3. The number of rotatable bonds is 6. The smallest absolute Gasteiger partial charge is 0.144 e. The van der Waals surface area contributed by atoms with Crippen molar-refractivity contribution in [3.05, 3.63) is 78.2 Å². The highest BCUT2D eigenvalue weighted by Gasteiger charge is 2.10. The van der Waals surface area contributed by atoms with Crippen molar-refractivity contribution in [1.29, 1.82) is 0 Å². The molecule has 1 aliphatic rings. The Kier molecular flexibility index (Phi) is 13.7. The van der Waals surface area contributed by atoms with Gasteiger partial charge >= 0.3 is 0 Å². The van der Waals surface area contributed by atoms with Crippen molar-refractivity contribution < 1.29 is 0 Å². The minimum atomic E-state index is 0.796. The van der Waals surface area contributed by atoms with Gasteiger partial charge in [0, 0.05) is 57.6 Å². The summed E-state index contributed by atoms with van der Waals surface area (Å²) in [7, 11) is 11.6. The van der Waals surface area contributed by atoms with E-state index in [9.17, 15) is 0 Å². The maximum atomic E-state index is 4.56. The van der Waals surface area contributed by atoms with Crippen molar-refractivity contribution in [2.24, 2.45) is 12.8 Å². The number of nitrogens with two attached hydrogens (primary N) is 1. The lowest BCUT2D eigenvalue weighted by Gasteiger charge is -2.28. The molecule has 7 nitrogen and oxygen atoms in total. The van der Waals surface area contributed by atoms with Gasteiger partial charge in [0.05, 0.1) is 23.8 Å². The molecule has 0 amide bonds. The van der Waals surface area contributed by atoms with Gasteiger partial charge in [0.1, 0.15) is 5.82 Å². The molecule has 0 spiro atoms. The molecule has 0 radical (unpaired) electrons. The quantitative estimate of drug-likeness (QED) is 0.390. The molecule has 0 unspecified atom stereocenters. The molecule has 3 N–H and O–H groups in total. The second-order valence-corrected chi connectivity index (χ2v) is 8.30. The van der Waals surface area contributed by atoms with E-state index in [0.717, 1.165) is 36.3 Å². The average Bonchev–Trinajstić information content (AvgIpc) is 3.31. The van der Waals surface area contributed by atoms with E-state index < -0.39 is 0 Å². The molecule has 0 bridgehead atoms. The molecule has 37 heavy (non-hydrogen) atoms. The lowest BCUT2D eigenvalue weighted by molar-refractivity contribution is 0.397. The molecule has 1 aliphatic carbocycles. The third-order valence-electron chi connectivity index (χ3n) is 5.96. The van der Waals surface area contributed by atoms with Gasteiger partial charge < -0.3 is 20.6 Å². The Morgan fingerprint density at radius 2 is 1.78 bits per heavy atom. The van der Waals surface area contributed by atoms with E-state index in [1.807, 2.05) is 33.4 Å². The highest BCUT2D eigenvalue weighted by molar-refractivity contribution is 5.67. The second-order valence-electron chi connectivity index (χ2n) is 8.30. The molecule has 7 heteroatoms. The Bertz CT molecular complexity index is 1240. The molecule has 200 valence electrons. The van der Waals surface area contributed by atoms with Crippen molar-refractivity contribution >= 4 is 29.7 Å². The molecule has 3 aromatic rings. The van der Waals surface area contributed by atoms with Crippen LogP contribution in [-0.4, -0.2) is 54.8 Å². The normalized spacial score (nSPS) is 11.1. The molecule has 0 saturated carbocycles. The number of hydrazine groups is 1. The van der Waals surface area contributed by atoms with E-state index in [4.69, 9.17) is 0 Å². The number of nitrogens with one attached hydrogen (secondary N) is 1. The van der Waals surface area contributed by atoms with Crippen LogP contribution in [0, 0.1) is 0 Å². The summed E-state index contributed by atoms with van der Waals surface area (Å²) < 4.78 is 2.16. The van der Waals surface area contributed by atoms with Crippen LogP contribution in [0.15, 0.2) is 56.5 Å². The van der Waals surface area contributed by atoms with Gasteiger partial charge in [-0.3, -0.25) is 4.98 Å². The van der Waals surface area contributed by atoms with E-state index in [1.54, 1.807) is 6.20 Å². The summed E-state index contributed by atoms with van der Waals surface area (Å²) in [6.45, 7) is 12.0. The highest BCUT2D eigenvalue weighted by atomic mass is 15.6. The molecule has 0 atom stereocenters. The zero-order valence-electron chi connectivity index (χ0n) is 23.8. The van der Waals surface area contributed by atoms with E-state index >= 15 is 0 Å². The maximum absolute atomic E-state index is 4.56. The Hall–Kier alpha value is -3.68. The van der Waals surface area contributed by atoms with Gasteiger partial charge in [-0.15, -0.1) is 13.2 Å². The van der Waals surface area contributed by atoms with Gasteiger partial charge in [-0.2, -0.15) is 0 Å². The van der Waals surface area contributed by atoms with Crippen LogP contribution in [0.1, 0.15) is 30.9 Å². The van der Waals surface area contributed by atoms with Gasteiger partial charge in [-0.05, 0) is 43.5 Å². The topological polar surface area (TPSA) is 75.2 Å². The highest BCUT2D eigenvalue weighted by Crippen LogP contribution is 2.23. The Balaban J connectivity index is 0.000000331. The average molecular weight is 504 g/mol. The summed E-state index contributed by atoms with van der Waals surface area (Å²) in [5.74, 6) is 0.796. The van der Waals surface area contributed by atoms with Gasteiger partial charge in [0.15, 0.2) is 0 Å². The molecule has 2 heterocycles. The number of nitrogens with zero attached hydrogens (tertiary/aromatic N) is 5. The van der Waals surface area contributed by atoms with Crippen LogP contribution in [0.4, 0.5) is 11.5 Å². The minimum Gasteiger partial charge on any atom is -0.372 e. The van der Waals surface area contributed by atoms with E-state index in [0.29, 0.717) is 0 Å². The monoisotopic (exact) mass is 503 g/mol. The lowest BCUT2D eigenvalue weighted by Crippen LogP contribution is -2.33. The first-order valence-electron chi connectivity index (χ1n) is 12.5. The van der Waals surface area contributed by atoms with E-state index in [2.05, 4.69) is 113 Å². The Morgan fingerprint density at radius 3 is 2.38 bits per heavy atom. The molecular formula is C30H45N7. The number of hydrogen-bond donors (Lipinski definition) is 2. The largest absolute Gasteiger partial charge is 0.372 e. The molecule has 0 saturated heterocycles. The number of fused-ring (bicyclic) bond motifs is 1. The first-order chi connectivity index (χ1) is 17.9. The van der Waals surface area contributed by atoms with Gasteiger partial charge in [-0.25, -0.2) is 9.99 Å². The third kappa shape index (κ3) is 8.17. The summed E-state index contributed by atoms with van der Waals surface area (Å²) >= 11 is 0. The SMILES string of the molecule is C=C.C=Cc1ccc(CC)cc1N(C)N(C)C.CN.CNc1cncc(-c2cn(C)c3c2=CCCC=3)n1. The fourth-order valence-corrected chi connectivity index (χ4v) is 3.87. The maximum Gasteiger partial charge on any atom is 0.144 e. The number of benzene rings is 1. The van der Waals surface area contributed by atoms with Crippen molar-refractivity contribution in [3.63, 3.8) is 0 Å². The van der Waals surface area contributed by atoms with Crippen LogP contribution < -0.4 is 26.6 Å². The first kappa shape index (κ1) is 31.4. The first-order valence-corrected chi connectivity index (χ1v) is 12.5. The Morgan fingerprint density at radius 1 is 1.11 bits per heavy atom. The fraction of sp³-hybridized carbons (Fsp3) is 0.333. The van der Waals surface area contributed by atoms with Crippen molar-refractivity contribution in [1.82, 2.24) is 19.5 Å². The Labute approximate surface area is 223 Å². The third-order valence-corrected chi connectivity index (χ3v) is 5.96. The van der Waals surface area contributed by atoms with Crippen LogP contribution in [0.3, 0.4) is 0 Å². The molecule has 2 aromatic heterocycles. The lowest BCUT2D eigenvalue weighted by atomic mass is 10.1. The predicted octanol–water partition coefficient (Wildman–Crippen LogP) is 4.06. The van der Waals surface area contributed by atoms with Crippen LogP contribution in [0.25, 0.3) is 29.5 Å². The summed E-state index contributed by atoms with van der Waals surface area (Å²) in [6.07, 6.45) is 15.4. The zero-order valence-corrected chi connectivity index (χ0v) is 23.8. The summed E-state index contributed by atoms with van der Waals surface area (Å²) in [4.78, 5) is 8.79. The molecule has 4 rings (SSSR count). The number of aromatic nitrogens is 3. The standard InChI is InChI=1S/C14H16N4.C13H20N2.C2H4.CH5N/c1-15-14-8-16-7-12(17-14)11-9-18(2)13-6-4-3-5-10(11)13;1-6-11-8-9-12(7-2)13(10-11)15(5)14(3)4;2*1-2/h5-9H,3-4H2,1-2H3,(H,15,17);7-10H,2,6H2,1,3-5H3;1-2H2;2H2,1H3. The predicted molar refractivity (Wildman–Crippen MR) is 163 cm³/mol. The molecular weight excluding hydrogens is 458 g/mol. The van der Waals surface area contributed by atoms with E-state index in [1.165, 1.54) is 34.4 Å². The van der Waals surface area contributed by atoms with Crippen molar-refractivity contribution in [2.75, 3.05) is 45.6 Å². The van der Waals surface area contributed by atoms with Crippen LogP contribution in [-0.2, 0) is 13.5 Å². The number of hydrogen-bond acceptors (Lipinski definition) is 6. The number of aryl methyl sites for hydroxylation is 2. The second kappa shape index (κ2) is 16.1. The van der Waals surface area contributed by atoms with Crippen molar-refractivity contribution in [3.8, 4) is 11.3 Å². The summed E-state index contributed by atoms with van der Waals surface area (Å²) in [6, 6.07) is 6.50.